The second kappa shape index (κ2) is 9.71. The molecule has 0 radical (unpaired) electrons. The van der Waals surface area contributed by atoms with Gasteiger partial charge < -0.3 is 14.8 Å². The molecule has 0 aliphatic rings. The molecule has 3 aromatic rings. The molecule has 0 atom stereocenters. The number of nitrogens with zero attached hydrogens (tertiary/aromatic N) is 2. The number of halogens is 1. The molecule has 1 aromatic heterocycles. The van der Waals surface area contributed by atoms with Gasteiger partial charge in [0.05, 0.1) is 32.5 Å². The van der Waals surface area contributed by atoms with Crippen molar-refractivity contribution >= 4 is 40.5 Å². The highest BCUT2D eigenvalue weighted by molar-refractivity contribution is 6.32. The summed E-state index contributed by atoms with van der Waals surface area (Å²) in [5.74, 6) is -0.00940. The largest absolute Gasteiger partial charge is 0.493 e. The van der Waals surface area contributed by atoms with Crippen LogP contribution in [0.5, 0.6) is 11.5 Å². The third-order valence-electron chi connectivity index (χ3n) is 4.15. The zero-order valence-corrected chi connectivity index (χ0v) is 17.1. The molecule has 0 saturated heterocycles. The zero-order chi connectivity index (χ0) is 21.5. The molecule has 9 heteroatoms. The van der Waals surface area contributed by atoms with Crippen LogP contribution in [0.25, 0.3) is 10.9 Å². The van der Waals surface area contributed by atoms with E-state index in [1.165, 1.54) is 26.5 Å². The van der Waals surface area contributed by atoms with E-state index in [1.54, 1.807) is 12.1 Å². The van der Waals surface area contributed by atoms with Crippen molar-refractivity contribution in [3.8, 4) is 11.5 Å². The number of hydrazone groups is 1. The number of benzene rings is 2. The topological polar surface area (TPSA) is 102 Å². The van der Waals surface area contributed by atoms with Crippen molar-refractivity contribution in [3.63, 3.8) is 0 Å². The average molecular weight is 427 g/mol. The van der Waals surface area contributed by atoms with Crippen LogP contribution < -0.4 is 20.2 Å². The van der Waals surface area contributed by atoms with Crippen molar-refractivity contribution in [2.24, 2.45) is 5.10 Å². The molecule has 8 nitrogen and oxygen atoms in total. The van der Waals surface area contributed by atoms with Crippen molar-refractivity contribution in [2.45, 2.75) is 0 Å². The first-order chi connectivity index (χ1) is 14.5. The van der Waals surface area contributed by atoms with Crippen LogP contribution in [0.1, 0.15) is 15.9 Å². The maximum atomic E-state index is 12.2. The number of fused-ring (bicyclic) bond motifs is 1. The number of hydrogen-bond acceptors (Lipinski definition) is 6. The molecule has 30 heavy (non-hydrogen) atoms. The number of aromatic nitrogens is 1. The molecule has 2 aromatic carbocycles. The third-order valence-corrected chi connectivity index (χ3v) is 4.46. The van der Waals surface area contributed by atoms with Gasteiger partial charge in [-0.05, 0) is 30.3 Å². The number of nitrogens with one attached hydrogen (secondary N) is 2. The van der Waals surface area contributed by atoms with E-state index in [-0.39, 0.29) is 11.7 Å². The second-order valence-electron chi connectivity index (χ2n) is 6.11. The maximum Gasteiger partial charge on any atom is 0.259 e. The fourth-order valence-corrected chi connectivity index (χ4v) is 2.85. The molecule has 2 amide bonds. The van der Waals surface area contributed by atoms with Crippen LogP contribution >= 0.6 is 11.6 Å². The number of hydrogen-bond donors (Lipinski definition) is 2. The predicted molar refractivity (Wildman–Crippen MR) is 114 cm³/mol. The first kappa shape index (κ1) is 21.1. The predicted octanol–water partition coefficient (Wildman–Crippen LogP) is 2.79. The van der Waals surface area contributed by atoms with Gasteiger partial charge in [-0.2, -0.15) is 5.10 Å². The van der Waals surface area contributed by atoms with Crippen molar-refractivity contribution in [1.82, 2.24) is 15.7 Å². The molecular weight excluding hydrogens is 408 g/mol. The van der Waals surface area contributed by atoms with Crippen LogP contribution in [0.3, 0.4) is 0 Å². The van der Waals surface area contributed by atoms with E-state index < -0.39 is 11.8 Å². The molecule has 0 bridgehead atoms. The molecule has 0 saturated carbocycles. The van der Waals surface area contributed by atoms with Crippen LogP contribution in [0, 0.1) is 0 Å². The van der Waals surface area contributed by atoms with Crippen molar-refractivity contribution < 1.29 is 19.1 Å². The van der Waals surface area contributed by atoms with Crippen molar-refractivity contribution in [2.75, 3.05) is 20.8 Å². The molecule has 1 heterocycles. The molecular formula is C21H19ClN4O4. The third kappa shape index (κ3) is 5.03. The van der Waals surface area contributed by atoms with Gasteiger partial charge in [-0.25, -0.2) is 10.4 Å². The Morgan fingerprint density at radius 3 is 2.63 bits per heavy atom. The van der Waals surface area contributed by atoms with Crippen LogP contribution in [-0.2, 0) is 4.79 Å². The lowest BCUT2D eigenvalue weighted by Crippen LogP contribution is -2.34. The van der Waals surface area contributed by atoms with E-state index >= 15 is 0 Å². The van der Waals surface area contributed by atoms with Gasteiger partial charge in [-0.3, -0.25) is 9.59 Å². The number of amides is 2. The van der Waals surface area contributed by atoms with Crippen LogP contribution in [-0.4, -0.2) is 43.8 Å². The number of methoxy groups -OCH3 is 2. The lowest BCUT2D eigenvalue weighted by Gasteiger charge is -2.09. The summed E-state index contributed by atoms with van der Waals surface area (Å²) in [6.07, 6.45) is 1.40. The SMILES string of the molecule is COc1ccc(C(=O)NCC(=O)N/N=C/c2cc3ccccc3nc2Cl)cc1OC. The number of ether oxygens (including phenoxy) is 2. The van der Waals surface area contributed by atoms with E-state index in [2.05, 4.69) is 20.8 Å². The molecule has 0 spiro atoms. The maximum absolute atomic E-state index is 12.2. The van der Waals surface area contributed by atoms with E-state index in [4.69, 9.17) is 21.1 Å². The minimum Gasteiger partial charge on any atom is -0.493 e. The van der Waals surface area contributed by atoms with Crippen LogP contribution in [0.15, 0.2) is 53.6 Å². The van der Waals surface area contributed by atoms with E-state index in [0.717, 1.165) is 10.9 Å². The summed E-state index contributed by atoms with van der Waals surface area (Å²) in [7, 11) is 2.98. The molecule has 0 fully saturated rings. The highest BCUT2D eigenvalue weighted by Gasteiger charge is 2.12. The monoisotopic (exact) mass is 426 g/mol. The summed E-state index contributed by atoms with van der Waals surface area (Å²) in [6.45, 7) is -0.256. The van der Waals surface area contributed by atoms with Gasteiger partial charge in [-0.1, -0.05) is 29.8 Å². The summed E-state index contributed by atoms with van der Waals surface area (Å²) in [5, 5.41) is 7.56. The Labute approximate surface area is 177 Å². The molecule has 0 aliphatic heterocycles. The smallest absolute Gasteiger partial charge is 0.259 e. The van der Waals surface area contributed by atoms with Gasteiger partial charge in [0.1, 0.15) is 5.15 Å². The Kier molecular flexibility index (Phi) is 6.82. The summed E-state index contributed by atoms with van der Waals surface area (Å²) < 4.78 is 10.3. The summed E-state index contributed by atoms with van der Waals surface area (Å²) in [6, 6.07) is 14.0. The van der Waals surface area contributed by atoms with Gasteiger partial charge in [0.25, 0.3) is 11.8 Å². The Hall–Kier alpha value is -3.65. The Balaban J connectivity index is 1.56. The number of carbonyl (C=O) groups is 2. The van der Waals surface area contributed by atoms with E-state index in [1.807, 2.05) is 30.3 Å². The van der Waals surface area contributed by atoms with Gasteiger partial charge in [0.2, 0.25) is 0 Å². The number of pyridine rings is 1. The summed E-state index contributed by atoms with van der Waals surface area (Å²) in [4.78, 5) is 28.5. The average Bonchev–Trinajstić information content (AvgIpc) is 2.77. The summed E-state index contributed by atoms with van der Waals surface area (Å²) >= 11 is 6.14. The minimum atomic E-state index is -0.495. The van der Waals surface area contributed by atoms with Crippen molar-refractivity contribution in [1.29, 1.82) is 0 Å². The normalized spacial score (nSPS) is 10.8. The van der Waals surface area contributed by atoms with Gasteiger partial charge >= 0.3 is 0 Å². The molecule has 0 aliphatic carbocycles. The quantitative estimate of drug-likeness (QED) is 0.343. The fraction of sp³-hybridized carbons (Fsp3) is 0.143. The summed E-state index contributed by atoms with van der Waals surface area (Å²) in [5.41, 5.74) is 4.00. The van der Waals surface area contributed by atoms with Crippen LogP contribution in [0.2, 0.25) is 5.15 Å². The fourth-order valence-electron chi connectivity index (χ4n) is 2.65. The Morgan fingerprint density at radius 2 is 1.87 bits per heavy atom. The molecule has 2 N–H and O–H groups in total. The van der Waals surface area contributed by atoms with Gasteiger partial charge in [0, 0.05) is 16.5 Å². The first-order valence-electron chi connectivity index (χ1n) is 8.89. The molecule has 154 valence electrons. The molecule has 0 unspecified atom stereocenters. The lowest BCUT2D eigenvalue weighted by molar-refractivity contribution is -0.120. The number of rotatable bonds is 7. The minimum absolute atomic E-state index is 0.256. The highest BCUT2D eigenvalue weighted by atomic mass is 35.5. The highest BCUT2D eigenvalue weighted by Crippen LogP contribution is 2.27. The standard InChI is InChI=1S/C21H19ClN4O4/c1-29-17-8-7-14(10-18(17)30-2)21(28)23-12-19(27)26-24-11-15-9-13-5-3-4-6-16(13)25-20(15)22/h3-11H,12H2,1-2H3,(H,23,28)(H,26,27)/b24-11+. The van der Waals surface area contributed by atoms with Gasteiger partial charge in [-0.15, -0.1) is 0 Å². The van der Waals surface area contributed by atoms with E-state index in [9.17, 15) is 9.59 Å². The first-order valence-corrected chi connectivity index (χ1v) is 9.27. The van der Waals surface area contributed by atoms with E-state index in [0.29, 0.717) is 22.6 Å². The zero-order valence-electron chi connectivity index (χ0n) is 16.3. The van der Waals surface area contributed by atoms with Gasteiger partial charge in [0.15, 0.2) is 11.5 Å². The Morgan fingerprint density at radius 1 is 1.10 bits per heavy atom. The Bertz CT molecular complexity index is 1120. The molecule has 3 rings (SSSR count). The van der Waals surface area contributed by atoms with Crippen LogP contribution in [0.4, 0.5) is 0 Å². The lowest BCUT2D eigenvalue weighted by atomic mass is 10.2. The number of para-hydroxylation sites is 1. The second-order valence-corrected chi connectivity index (χ2v) is 6.46. The number of carbonyl (C=O) groups excluding carboxylic acids is 2. The van der Waals surface area contributed by atoms with Crippen molar-refractivity contribution in [3.05, 3.63) is 64.8 Å².